The lowest BCUT2D eigenvalue weighted by Gasteiger charge is -2.28. The van der Waals surface area contributed by atoms with Crippen LogP contribution in [0, 0.1) is 0 Å². The molecule has 1 aliphatic rings. The summed E-state index contributed by atoms with van der Waals surface area (Å²) in [6.07, 6.45) is 4.43. The number of benzene rings is 2. The second-order valence-corrected chi connectivity index (χ2v) is 8.02. The first-order valence-electron chi connectivity index (χ1n) is 10.9. The van der Waals surface area contributed by atoms with Gasteiger partial charge in [0.25, 0.3) is 0 Å². The molecule has 7 nitrogen and oxygen atoms in total. The molecule has 1 N–H and O–H groups in total. The quantitative estimate of drug-likeness (QED) is 0.544. The summed E-state index contributed by atoms with van der Waals surface area (Å²) in [6.45, 7) is 1.58. The molecule has 2 heterocycles. The Labute approximate surface area is 188 Å². The summed E-state index contributed by atoms with van der Waals surface area (Å²) in [7, 11) is 4.83. The number of aromatic nitrogens is 1. The van der Waals surface area contributed by atoms with Crippen LogP contribution in [0.25, 0.3) is 11.3 Å². The van der Waals surface area contributed by atoms with E-state index in [1.54, 1.807) is 27.4 Å². The minimum atomic E-state index is 0.122. The smallest absolute Gasteiger partial charge is 0.167 e. The van der Waals surface area contributed by atoms with Crippen LogP contribution < -0.4 is 14.2 Å². The van der Waals surface area contributed by atoms with Crippen LogP contribution >= 0.6 is 0 Å². The summed E-state index contributed by atoms with van der Waals surface area (Å²) in [5.41, 5.74) is 2.67. The fraction of sp³-hybridized carbons (Fsp3) is 0.400. The first kappa shape index (κ1) is 22.0. The summed E-state index contributed by atoms with van der Waals surface area (Å²) in [5.74, 6) is 2.91. The van der Waals surface area contributed by atoms with Gasteiger partial charge in [-0.15, -0.1) is 0 Å². The molecule has 1 fully saturated rings. The average molecular weight is 439 g/mol. The minimum absolute atomic E-state index is 0.122. The van der Waals surface area contributed by atoms with Crippen molar-refractivity contribution in [3.05, 3.63) is 53.7 Å². The number of likely N-dealkylation sites (tertiary alicyclic amines) is 1. The topological polar surface area (TPSA) is 77.2 Å². The number of ether oxygens (including phenoxy) is 3. The van der Waals surface area contributed by atoms with Crippen LogP contribution in [-0.4, -0.2) is 43.0 Å². The maximum atomic E-state index is 10.5. The normalized spacial score (nSPS) is 17.0. The molecule has 1 saturated heterocycles. The van der Waals surface area contributed by atoms with Gasteiger partial charge in [0.2, 0.25) is 0 Å². The van der Waals surface area contributed by atoms with Gasteiger partial charge in [-0.3, -0.25) is 4.90 Å². The molecule has 0 bridgehead atoms. The van der Waals surface area contributed by atoms with E-state index >= 15 is 0 Å². The van der Waals surface area contributed by atoms with E-state index in [1.807, 2.05) is 36.4 Å². The third-order valence-corrected chi connectivity index (χ3v) is 6.07. The van der Waals surface area contributed by atoms with Gasteiger partial charge >= 0.3 is 0 Å². The molecule has 0 spiro atoms. The highest BCUT2D eigenvalue weighted by atomic mass is 16.5. The number of hydrogen-bond donors (Lipinski definition) is 1. The zero-order chi connectivity index (χ0) is 22.5. The number of hydrogen-bond acceptors (Lipinski definition) is 7. The number of phenols is 1. The molecular weight excluding hydrogens is 408 g/mol. The van der Waals surface area contributed by atoms with Crippen molar-refractivity contribution in [1.82, 2.24) is 10.1 Å². The fourth-order valence-corrected chi connectivity index (χ4v) is 4.29. The van der Waals surface area contributed by atoms with Gasteiger partial charge in [-0.05, 0) is 43.7 Å². The Morgan fingerprint density at radius 1 is 0.969 bits per heavy atom. The van der Waals surface area contributed by atoms with E-state index in [-0.39, 0.29) is 11.8 Å². The highest BCUT2D eigenvalue weighted by molar-refractivity contribution is 5.62. The summed E-state index contributed by atoms with van der Waals surface area (Å²) < 4.78 is 21.7. The Kier molecular flexibility index (Phi) is 6.85. The SMILES string of the molecule is COc1ccc(CN2CCCCCC2c2cc(-c3ccc(OC)c(OC)c3)on2)c(O)c1. The molecule has 0 amide bonds. The van der Waals surface area contributed by atoms with Gasteiger partial charge in [0.15, 0.2) is 17.3 Å². The standard InChI is InChI=1S/C25H30N2O5/c1-29-19-10-8-18(22(28)14-19)16-27-12-6-4-5-7-21(27)20-15-24(32-26-20)17-9-11-23(30-2)25(13-17)31-3/h8-11,13-15,21,28H,4-7,12,16H2,1-3H3. The monoisotopic (exact) mass is 438 g/mol. The number of rotatable bonds is 7. The van der Waals surface area contributed by atoms with Gasteiger partial charge in [-0.25, -0.2) is 0 Å². The maximum absolute atomic E-state index is 10.5. The van der Waals surface area contributed by atoms with Gasteiger partial charge in [0.1, 0.15) is 17.2 Å². The van der Waals surface area contributed by atoms with E-state index < -0.39 is 0 Å². The lowest BCUT2D eigenvalue weighted by atomic mass is 10.0. The van der Waals surface area contributed by atoms with Crippen LogP contribution in [0.4, 0.5) is 0 Å². The molecule has 170 valence electrons. The van der Waals surface area contributed by atoms with E-state index in [1.165, 1.54) is 6.42 Å². The van der Waals surface area contributed by atoms with E-state index in [0.717, 1.165) is 42.6 Å². The van der Waals surface area contributed by atoms with Crippen molar-refractivity contribution in [3.8, 4) is 34.3 Å². The van der Waals surface area contributed by atoms with Gasteiger partial charge in [0, 0.05) is 29.8 Å². The zero-order valence-corrected chi connectivity index (χ0v) is 18.8. The molecular formula is C25H30N2O5. The Bertz CT molecular complexity index is 1050. The van der Waals surface area contributed by atoms with Crippen LogP contribution in [-0.2, 0) is 6.54 Å². The fourth-order valence-electron chi connectivity index (χ4n) is 4.29. The van der Waals surface area contributed by atoms with Crippen molar-refractivity contribution in [2.45, 2.75) is 38.3 Å². The first-order valence-corrected chi connectivity index (χ1v) is 10.9. The van der Waals surface area contributed by atoms with Crippen molar-refractivity contribution in [3.63, 3.8) is 0 Å². The van der Waals surface area contributed by atoms with Crippen molar-refractivity contribution in [2.75, 3.05) is 27.9 Å². The number of methoxy groups -OCH3 is 3. The predicted octanol–water partition coefficient (Wildman–Crippen LogP) is 5.19. The molecule has 1 unspecified atom stereocenters. The van der Waals surface area contributed by atoms with Gasteiger partial charge in [-0.1, -0.05) is 24.1 Å². The molecule has 1 aromatic heterocycles. The molecule has 2 aromatic carbocycles. The van der Waals surface area contributed by atoms with E-state index in [9.17, 15) is 5.11 Å². The van der Waals surface area contributed by atoms with Crippen molar-refractivity contribution in [1.29, 1.82) is 0 Å². The highest BCUT2D eigenvalue weighted by Gasteiger charge is 2.27. The Balaban J connectivity index is 1.59. The predicted molar refractivity (Wildman–Crippen MR) is 121 cm³/mol. The summed E-state index contributed by atoms with van der Waals surface area (Å²) in [4.78, 5) is 2.38. The Hall–Kier alpha value is -3.19. The van der Waals surface area contributed by atoms with E-state index in [4.69, 9.17) is 18.7 Å². The molecule has 4 rings (SSSR count). The van der Waals surface area contributed by atoms with Crippen LogP contribution in [0.2, 0.25) is 0 Å². The van der Waals surface area contributed by atoms with Crippen LogP contribution in [0.5, 0.6) is 23.0 Å². The van der Waals surface area contributed by atoms with Gasteiger partial charge in [0.05, 0.1) is 27.4 Å². The zero-order valence-electron chi connectivity index (χ0n) is 18.8. The largest absolute Gasteiger partial charge is 0.507 e. The molecule has 0 saturated carbocycles. The molecule has 3 aromatic rings. The number of aromatic hydroxyl groups is 1. The third kappa shape index (κ3) is 4.67. The lowest BCUT2D eigenvalue weighted by Crippen LogP contribution is -2.28. The van der Waals surface area contributed by atoms with E-state index in [0.29, 0.717) is 29.6 Å². The highest BCUT2D eigenvalue weighted by Crippen LogP contribution is 2.37. The number of phenolic OH excluding ortho intramolecular Hbond substituents is 1. The third-order valence-electron chi connectivity index (χ3n) is 6.07. The first-order chi connectivity index (χ1) is 15.6. The Morgan fingerprint density at radius 2 is 1.81 bits per heavy atom. The molecule has 0 aliphatic carbocycles. The van der Waals surface area contributed by atoms with Crippen molar-refractivity contribution >= 4 is 0 Å². The second-order valence-electron chi connectivity index (χ2n) is 8.02. The van der Waals surface area contributed by atoms with Gasteiger partial charge in [-0.2, -0.15) is 0 Å². The van der Waals surface area contributed by atoms with Crippen LogP contribution in [0.1, 0.15) is 43.0 Å². The molecule has 1 aliphatic heterocycles. The number of nitrogens with zero attached hydrogens (tertiary/aromatic N) is 2. The van der Waals surface area contributed by atoms with Gasteiger partial charge < -0.3 is 23.8 Å². The maximum Gasteiger partial charge on any atom is 0.167 e. The summed E-state index contributed by atoms with van der Waals surface area (Å²) in [6, 6.07) is 13.3. The van der Waals surface area contributed by atoms with Crippen LogP contribution in [0.15, 0.2) is 47.0 Å². The van der Waals surface area contributed by atoms with Crippen LogP contribution in [0.3, 0.4) is 0 Å². The molecule has 7 heteroatoms. The summed E-state index contributed by atoms with van der Waals surface area (Å²) in [5, 5.41) is 14.9. The average Bonchev–Trinajstić information content (AvgIpc) is 3.20. The minimum Gasteiger partial charge on any atom is -0.507 e. The summed E-state index contributed by atoms with van der Waals surface area (Å²) >= 11 is 0. The van der Waals surface area contributed by atoms with E-state index in [2.05, 4.69) is 10.1 Å². The molecule has 32 heavy (non-hydrogen) atoms. The second kappa shape index (κ2) is 9.96. The lowest BCUT2D eigenvalue weighted by molar-refractivity contribution is 0.182. The van der Waals surface area contributed by atoms with Crippen molar-refractivity contribution in [2.24, 2.45) is 0 Å². The molecule has 1 atom stereocenters. The molecule has 0 radical (unpaired) electrons. The van der Waals surface area contributed by atoms with Crippen molar-refractivity contribution < 1.29 is 23.8 Å². The Morgan fingerprint density at radius 3 is 2.56 bits per heavy atom.